The average molecular weight is 362 g/mol. The first-order chi connectivity index (χ1) is 10.6. The molecule has 1 amide bonds. The molecule has 7 heteroatoms. The number of nitrogens with zero attached hydrogens (tertiary/aromatic N) is 2. The van der Waals surface area contributed by atoms with Crippen LogP contribution in [0.3, 0.4) is 0 Å². The van der Waals surface area contributed by atoms with Gasteiger partial charge in [-0.1, -0.05) is 12.1 Å². The number of nitrogens with one attached hydrogen (secondary N) is 1. The zero-order valence-corrected chi connectivity index (χ0v) is 15.9. The van der Waals surface area contributed by atoms with Gasteiger partial charge in [0, 0.05) is 24.4 Å². The number of amides is 1. The number of piperidine rings is 1. The number of hydrogen-bond acceptors (Lipinski definition) is 5. The van der Waals surface area contributed by atoms with Crippen molar-refractivity contribution < 1.29 is 9.32 Å². The van der Waals surface area contributed by atoms with Crippen LogP contribution in [0, 0.1) is 19.8 Å². The van der Waals surface area contributed by atoms with Crippen LogP contribution in [0.5, 0.6) is 0 Å². The summed E-state index contributed by atoms with van der Waals surface area (Å²) in [4.78, 5) is 14.3. The Kier molecular flexibility index (Phi) is 9.02. The van der Waals surface area contributed by atoms with E-state index >= 15 is 0 Å². The zero-order chi connectivity index (χ0) is 15.9. The number of likely N-dealkylation sites (tertiary alicyclic amines) is 1. The van der Waals surface area contributed by atoms with Crippen LogP contribution in [-0.4, -0.2) is 47.9 Å². The third kappa shape index (κ3) is 6.01. The van der Waals surface area contributed by atoms with Gasteiger partial charge >= 0.3 is 0 Å². The van der Waals surface area contributed by atoms with Gasteiger partial charge in [0.05, 0.1) is 11.4 Å². The Hall–Kier alpha value is -0.720. The molecule has 1 aromatic heterocycles. The average Bonchev–Trinajstić information content (AvgIpc) is 2.85. The number of aromatic nitrogens is 1. The van der Waals surface area contributed by atoms with E-state index in [2.05, 4.69) is 17.4 Å². The van der Waals surface area contributed by atoms with E-state index in [1.807, 2.05) is 18.7 Å². The number of carbonyl (C=O) groups excluding carboxylic acids is 1. The summed E-state index contributed by atoms with van der Waals surface area (Å²) in [7, 11) is 0. The van der Waals surface area contributed by atoms with E-state index < -0.39 is 0 Å². The van der Waals surface area contributed by atoms with Crippen molar-refractivity contribution in [1.82, 2.24) is 15.4 Å². The molecule has 1 N–H and O–H groups in total. The molecule has 0 atom stereocenters. The molecular weight excluding hydrogens is 334 g/mol. The summed E-state index contributed by atoms with van der Waals surface area (Å²) < 4.78 is 5.15. The number of halogens is 1. The lowest BCUT2D eigenvalue weighted by molar-refractivity contribution is -0.129. The smallest absolute Gasteiger partial charge is 0.232 e. The molecule has 2 rings (SSSR count). The predicted molar refractivity (Wildman–Crippen MR) is 97.2 cm³/mol. The first kappa shape index (κ1) is 20.3. The van der Waals surface area contributed by atoms with Gasteiger partial charge < -0.3 is 14.7 Å². The van der Waals surface area contributed by atoms with Crippen molar-refractivity contribution in [3.05, 3.63) is 17.0 Å². The molecule has 1 fully saturated rings. The number of aryl methyl sites for hydroxylation is 2. The molecule has 132 valence electrons. The van der Waals surface area contributed by atoms with Crippen LogP contribution in [-0.2, 0) is 10.5 Å². The van der Waals surface area contributed by atoms with Crippen molar-refractivity contribution in [2.45, 2.75) is 39.4 Å². The van der Waals surface area contributed by atoms with Gasteiger partial charge in [0.15, 0.2) is 0 Å². The van der Waals surface area contributed by atoms with Crippen LogP contribution in [0.25, 0.3) is 0 Å². The molecule has 1 aromatic rings. The Morgan fingerprint density at radius 3 is 2.65 bits per heavy atom. The fourth-order valence-electron chi connectivity index (χ4n) is 2.77. The Bertz CT molecular complexity index is 468. The quantitative estimate of drug-likeness (QED) is 0.809. The molecule has 0 saturated carbocycles. The monoisotopic (exact) mass is 361 g/mol. The van der Waals surface area contributed by atoms with Gasteiger partial charge in [-0.3, -0.25) is 4.79 Å². The van der Waals surface area contributed by atoms with E-state index in [9.17, 15) is 4.79 Å². The number of rotatable bonds is 7. The molecule has 0 aliphatic carbocycles. The predicted octanol–water partition coefficient (Wildman–Crippen LogP) is 2.79. The second-order valence-corrected chi connectivity index (χ2v) is 6.91. The Morgan fingerprint density at radius 1 is 1.39 bits per heavy atom. The normalized spacial score (nSPS) is 15.5. The highest BCUT2D eigenvalue weighted by molar-refractivity contribution is 7.99. The van der Waals surface area contributed by atoms with Crippen LogP contribution in [0.2, 0.25) is 0 Å². The lowest BCUT2D eigenvalue weighted by atomic mass is 9.97. The molecule has 1 aliphatic rings. The number of thioether (sulfide) groups is 1. The summed E-state index contributed by atoms with van der Waals surface area (Å²) in [6.45, 7) is 9.92. The number of carbonyl (C=O) groups is 1. The maximum absolute atomic E-state index is 12.3. The topological polar surface area (TPSA) is 58.4 Å². The van der Waals surface area contributed by atoms with Crippen molar-refractivity contribution in [1.29, 1.82) is 0 Å². The van der Waals surface area contributed by atoms with Crippen LogP contribution < -0.4 is 5.32 Å². The van der Waals surface area contributed by atoms with Crippen molar-refractivity contribution in [2.24, 2.45) is 5.92 Å². The second kappa shape index (κ2) is 10.2. The van der Waals surface area contributed by atoms with Gasteiger partial charge in [-0.25, -0.2) is 0 Å². The molecule has 0 aromatic carbocycles. The van der Waals surface area contributed by atoms with Crippen LogP contribution in [0.1, 0.15) is 36.8 Å². The van der Waals surface area contributed by atoms with E-state index in [0.29, 0.717) is 5.75 Å². The number of hydrogen-bond donors (Lipinski definition) is 1. The summed E-state index contributed by atoms with van der Waals surface area (Å²) in [5, 5.41) is 7.35. The minimum absolute atomic E-state index is 0. The summed E-state index contributed by atoms with van der Waals surface area (Å²) in [5.41, 5.74) is 2.06. The van der Waals surface area contributed by atoms with Crippen LogP contribution in [0.15, 0.2) is 4.52 Å². The molecule has 0 radical (unpaired) electrons. The van der Waals surface area contributed by atoms with E-state index in [0.717, 1.165) is 67.7 Å². The fourth-order valence-corrected chi connectivity index (χ4v) is 3.85. The van der Waals surface area contributed by atoms with E-state index in [1.54, 1.807) is 11.8 Å². The Morgan fingerprint density at radius 2 is 2.09 bits per heavy atom. The van der Waals surface area contributed by atoms with Crippen LogP contribution >= 0.6 is 24.2 Å². The molecule has 1 aliphatic heterocycles. The maximum atomic E-state index is 12.3. The highest BCUT2D eigenvalue weighted by Crippen LogP contribution is 2.21. The maximum Gasteiger partial charge on any atom is 0.232 e. The van der Waals surface area contributed by atoms with Crippen molar-refractivity contribution in [3.8, 4) is 0 Å². The van der Waals surface area contributed by atoms with Crippen molar-refractivity contribution in [2.75, 3.05) is 31.9 Å². The molecule has 0 spiro atoms. The van der Waals surface area contributed by atoms with Gasteiger partial charge in [0.1, 0.15) is 5.76 Å². The molecular formula is C16H28ClN3O2S. The summed E-state index contributed by atoms with van der Waals surface area (Å²) in [6, 6.07) is 0. The third-order valence-corrected chi connectivity index (χ3v) is 5.25. The van der Waals surface area contributed by atoms with Gasteiger partial charge in [-0.15, -0.1) is 24.2 Å². The highest BCUT2D eigenvalue weighted by Gasteiger charge is 2.22. The van der Waals surface area contributed by atoms with E-state index in [-0.39, 0.29) is 18.3 Å². The summed E-state index contributed by atoms with van der Waals surface area (Å²) in [5.74, 6) is 3.19. The summed E-state index contributed by atoms with van der Waals surface area (Å²) >= 11 is 1.65. The molecule has 23 heavy (non-hydrogen) atoms. The minimum atomic E-state index is 0. The van der Waals surface area contributed by atoms with E-state index in [4.69, 9.17) is 4.52 Å². The SMILES string of the molecule is CCNCC1CCN(C(=O)CSCc2c(C)noc2C)CC1.Cl. The second-order valence-electron chi connectivity index (χ2n) is 5.93. The Balaban J connectivity index is 0.00000264. The zero-order valence-electron chi connectivity index (χ0n) is 14.3. The van der Waals surface area contributed by atoms with Crippen LogP contribution in [0.4, 0.5) is 0 Å². The molecule has 0 bridgehead atoms. The van der Waals surface area contributed by atoms with E-state index in [1.165, 1.54) is 0 Å². The van der Waals surface area contributed by atoms with Crippen molar-refractivity contribution >= 4 is 30.1 Å². The van der Waals surface area contributed by atoms with Gasteiger partial charge in [-0.2, -0.15) is 0 Å². The summed E-state index contributed by atoms with van der Waals surface area (Å²) in [6.07, 6.45) is 2.24. The molecule has 0 unspecified atom stereocenters. The largest absolute Gasteiger partial charge is 0.361 e. The molecule has 2 heterocycles. The minimum Gasteiger partial charge on any atom is -0.361 e. The first-order valence-corrected chi connectivity index (χ1v) is 9.25. The molecule has 1 saturated heterocycles. The lowest BCUT2D eigenvalue weighted by Crippen LogP contribution is -2.41. The first-order valence-electron chi connectivity index (χ1n) is 8.09. The van der Waals surface area contributed by atoms with Gasteiger partial charge in [0.25, 0.3) is 0 Å². The standard InChI is InChI=1S/C16H27N3O2S.ClH/c1-4-17-9-14-5-7-19(8-6-14)16(20)11-22-10-15-12(2)18-21-13(15)3;/h14,17H,4-11H2,1-3H3;1H. The fraction of sp³-hybridized carbons (Fsp3) is 0.750. The highest BCUT2D eigenvalue weighted by atomic mass is 35.5. The molecule has 5 nitrogen and oxygen atoms in total. The van der Waals surface area contributed by atoms with Crippen molar-refractivity contribution in [3.63, 3.8) is 0 Å². The third-order valence-electron chi connectivity index (χ3n) is 4.30. The van der Waals surface area contributed by atoms with Gasteiger partial charge in [-0.05, 0) is 45.7 Å². The van der Waals surface area contributed by atoms with Gasteiger partial charge in [0.2, 0.25) is 5.91 Å². The Labute approximate surface area is 149 Å². The lowest BCUT2D eigenvalue weighted by Gasteiger charge is -2.32.